The number of hydrogen-bond donors (Lipinski definition) is 1. The third kappa shape index (κ3) is 4.39. The van der Waals surface area contributed by atoms with Crippen LogP contribution in [-0.2, 0) is 4.79 Å². The summed E-state index contributed by atoms with van der Waals surface area (Å²) in [5, 5.41) is 0. The Hall–Kier alpha value is -2.44. The molecule has 2 aliphatic rings. The second-order valence-electron chi connectivity index (χ2n) is 6.94. The van der Waals surface area contributed by atoms with Crippen molar-refractivity contribution in [2.45, 2.75) is 31.8 Å². The summed E-state index contributed by atoms with van der Waals surface area (Å²) in [5.41, 5.74) is 5.36. The molecule has 2 N–H and O–H groups in total. The maximum absolute atomic E-state index is 12.7. The highest BCUT2D eigenvalue weighted by atomic mass is 16.5. The van der Waals surface area contributed by atoms with Gasteiger partial charge in [-0.05, 0) is 37.1 Å². The molecule has 7 heteroatoms. The van der Waals surface area contributed by atoms with Gasteiger partial charge < -0.3 is 25.0 Å². The van der Waals surface area contributed by atoms with Gasteiger partial charge in [0.15, 0.2) is 0 Å². The third-order valence-electron chi connectivity index (χ3n) is 5.20. The van der Waals surface area contributed by atoms with Gasteiger partial charge in [-0.1, -0.05) is 0 Å². The molecule has 0 spiro atoms. The number of likely N-dealkylation sites (tertiary alicyclic amines) is 2. The van der Waals surface area contributed by atoms with E-state index in [4.69, 9.17) is 15.2 Å². The van der Waals surface area contributed by atoms with Crippen molar-refractivity contribution < 1.29 is 19.1 Å². The van der Waals surface area contributed by atoms with Crippen LogP contribution in [0.4, 0.5) is 4.79 Å². The summed E-state index contributed by atoms with van der Waals surface area (Å²) in [4.78, 5) is 27.6. The minimum Gasteiger partial charge on any atom is -0.497 e. The largest absolute Gasteiger partial charge is 0.497 e. The summed E-state index contributed by atoms with van der Waals surface area (Å²) in [6.07, 6.45) is 3.39. The third-order valence-corrected chi connectivity index (χ3v) is 5.20. The fraction of sp³-hybridized carbons (Fsp3) is 0.579. The lowest BCUT2D eigenvalue weighted by Crippen LogP contribution is -2.50. The summed E-state index contributed by atoms with van der Waals surface area (Å²) < 4.78 is 11.2. The molecule has 142 valence electrons. The van der Waals surface area contributed by atoms with Crippen LogP contribution >= 0.6 is 0 Å². The van der Waals surface area contributed by atoms with Crippen molar-refractivity contribution >= 4 is 11.9 Å². The molecule has 0 aliphatic carbocycles. The van der Waals surface area contributed by atoms with Gasteiger partial charge in [0, 0.05) is 39.0 Å². The fourth-order valence-corrected chi connectivity index (χ4v) is 3.68. The van der Waals surface area contributed by atoms with Gasteiger partial charge in [-0.15, -0.1) is 0 Å². The lowest BCUT2D eigenvalue weighted by molar-refractivity contribution is -0.138. The predicted octanol–water partition coefficient (Wildman–Crippen LogP) is 1.86. The molecule has 0 aromatic heterocycles. The van der Waals surface area contributed by atoms with Crippen molar-refractivity contribution in [2.24, 2.45) is 11.7 Å². The standard InChI is InChI=1S/C19H27N3O4/c1-25-15-4-6-16(7-5-15)26-17-8-11-21(12-9-17)18(23)14-3-2-10-22(13-14)19(20)24/h4-7,14,17H,2-3,8-13H2,1H3,(H2,20,24)/t14-/m1/s1. The van der Waals surface area contributed by atoms with Gasteiger partial charge >= 0.3 is 6.03 Å². The molecule has 2 aliphatic heterocycles. The van der Waals surface area contributed by atoms with E-state index in [2.05, 4.69) is 0 Å². The Kier molecular flexibility index (Phi) is 5.85. The van der Waals surface area contributed by atoms with Crippen molar-refractivity contribution in [3.63, 3.8) is 0 Å². The molecule has 0 bridgehead atoms. The minimum atomic E-state index is -0.436. The summed E-state index contributed by atoms with van der Waals surface area (Å²) in [6, 6.07) is 7.12. The Labute approximate surface area is 154 Å². The van der Waals surface area contributed by atoms with Gasteiger partial charge in [0.05, 0.1) is 13.0 Å². The van der Waals surface area contributed by atoms with E-state index in [0.717, 1.165) is 37.2 Å². The molecule has 0 radical (unpaired) electrons. The summed E-state index contributed by atoms with van der Waals surface area (Å²) >= 11 is 0. The lowest BCUT2D eigenvalue weighted by Gasteiger charge is -2.37. The first-order valence-electron chi connectivity index (χ1n) is 9.20. The second kappa shape index (κ2) is 8.29. The molecule has 2 heterocycles. The van der Waals surface area contributed by atoms with E-state index in [-0.39, 0.29) is 17.9 Å². The topological polar surface area (TPSA) is 85.1 Å². The van der Waals surface area contributed by atoms with E-state index in [9.17, 15) is 9.59 Å². The number of amides is 3. The molecule has 0 saturated carbocycles. The molecule has 3 rings (SSSR count). The first kappa shape index (κ1) is 18.4. The highest BCUT2D eigenvalue weighted by Crippen LogP contribution is 2.24. The number of ether oxygens (including phenoxy) is 2. The van der Waals surface area contributed by atoms with E-state index in [0.29, 0.717) is 26.2 Å². The number of nitrogens with zero attached hydrogens (tertiary/aromatic N) is 2. The summed E-state index contributed by atoms with van der Waals surface area (Å²) in [5.74, 6) is 1.63. The van der Waals surface area contributed by atoms with Crippen molar-refractivity contribution in [2.75, 3.05) is 33.3 Å². The predicted molar refractivity (Wildman–Crippen MR) is 97.1 cm³/mol. The minimum absolute atomic E-state index is 0.112. The molecule has 1 aromatic carbocycles. The Bertz CT molecular complexity index is 626. The molecule has 1 aromatic rings. The molecular weight excluding hydrogens is 334 g/mol. The van der Waals surface area contributed by atoms with E-state index in [1.165, 1.54) is 0 Å². The van der Waals surface area contributed by atoms with Crippen LogP contribution in [0.5, 0.6) is 11.5 Å². The van der Waals surface area contributed by atoms with E-state index < -0.39 is 6.03 Å². The zero-order chi connectivity index (χ0) is 18.5. The van der Waals surface area contributed by atoms with Gasteiger partial charge in [0.2, 0.25) is 5.91 Å². The van der Waals surface area contributed by atoms with Gasteiger partial charge in [0.25, 0.3) is 0 Å². The van der Waals surface area contributed by atoms with Crippen LogP contribution in [0, 0.1) is 5.92 Å². The smallest absolute Gasteiger partial charge is 0.314 e. The first-order valence-corrected chi connectivity index (χ1v) is 9.20. The fourth-order valence-electron chi connectivity index (χ4n) is 3.68. The van der Waals surface area contributed by atoms with Gasteiger partial charge in [0.1, 0.15) is 17.6 Å². The molecule has 1 atom stereocenters. The van der Waals surface area contributed by atoms with Crippen molar-refractivity contribution in [1.29, 1.82) is 0 Å². The molecule has 26 heavy (non-hydrogen) atoms. The molecule has 3 amide bonds. The van der Waals surface area contributed by atoms with E-state index in [1.54, 1.807) is 12.0 Å². The zero-order valence-corrected chi connectivity index (χ0v) is 15.2. The number of primary amides is 1. The van der Waals surface area contributed by atoms with Crippen molar-refractivity contribution in [3.8, 4) is 11.5 Å². The van der Waals surface area contributed by atoms with Crippen LogP contribution in [0.3, 0.4) is 0 Å². The summed E-state index contributed by atoms with van der Waals surface area (Å²) in [6.45, 7) is 2.47. The Morgan fingerprint density at radius 1 is 1.00 bits per heavy atom. The normalized spacial score (nSPS) is 21.3. The number of piperidine rings is 2. The van der Waals surface area contributed by atoms with E-state index >= 15 is 0 Å². The number of benzene rings is 1. The molecule has 2 saturated heterocycles. The number of carbonyl (C=O) groups is 2. The summed E-state index contributed by atoms with van der Waals surface area (Å²) in [7, 11) is 1.64. The Morgan fingerprint density at radius 3 is 2.27 bits per heavy atom. The van der Waals surface area contributed by atoms with Crippen LogP contribution in [0.15, 0.2) is 24.3 Å². The zero-order valence-electron chi connectivity index (χ0n) is 15.2. The van der Waals surface area contributed by atoms with Crippen LogP contribution in [-0.4, -0.2) is 61.1 Å². The highest BCUT2D eigenvalue weighted by Gasteiger charge is 2.32. The molecule has 7 nitrogen and oxygen atoms in total. The quantitative estimate of drug-likeness (QED) is 0.887. The number of carbonyl (C=O) groups excluding carboxylic acids is 2. The molecular formula is C19H27N3O4. The van der Waals surface area contributed by atoms with Crippen LogP contribution < -0.4 is 15.2 Å². The Balaban J connectivity index is 1.48. The SMILES string of the molecule is COc1ccc(OC2CCN(C(=O)[C@@H]3CCCN(C(N)=O)C3)CC2)cc1. The maximum atomic E-state index is 12.7. The lowest BCUT2D eigenvalue weighted by atomic mass is 9.95. The highest BCUT2D eigenvalue weighted by molar-refractivity contribution is 5.80. The monoisotopic (exact) mass is 361 g/mol. The number of hydrogen-bond acceptors (Lipinski definition) is 4. The number of nitrogens with two attached hydrogens (primary N) is 1. The van der Waals surface area contributed by atoms with E-state index in [1.807, 2.05) is 29.2 Å². The number of rotatable bonds is 4. The van der Waals surface area contributed by atoms with Gasteiger partial charge in [-0.2, -0.15) is 0 Å². The van der Waals surface area contributed by atoms with Gasteiger partial charge in [-0.25, -0.2) is 4.79 Å². The van der Waals surface area contributed by atoms with Crippen LogP contribution in [0.2, 0.25) is 0 Å². The molecule has 0 unspecified atom stereocenters. The average molecular weight is 361 g/mol. The average Bonchev–Trinajstić information content (AvgIpc) is 2.68. The molecule has 2 fully saturated rings. The number of methoxy groups -OCH3 is 1. The van der Waals surface area contributed by atoms with Gasteiger partial charge in [-0.3, -0.25) is 4.79 Å². The number of urea groups is 1. The van der Waals surface area contributed by atoms with Crippen LogP contribution in [0.1, 0.15) is 25.7 Å². The second-order valence-corrected chi connectivity index (χ2v) is 6.94. The van der Waals surface area contributed by atoms with Crippen molar-refractivity contribution in [3.05, 3.63) is 24.3 Å². The first-order chi connectivity index (χ1) is 12.6. The Morgan fingerprint density at radius 2 is 1.65 bits per heavy atom. The maximum Gasteiger partial charge on any atom is 0.314 e. The van der Waals surface area contributed by atoms with Crippen LogP contribution in [0.25, 0.3) is 0 Å². The van der Waals surface area contributed by atoms with Crippen molar-refractivity contribution in [1.82, 2.24) is 9.80 Å².